The maximum atomic E-state index is 13.7. The zero-order valence-electron chi connectivity index (χ0n) is 18.4. The topological polar surface area (TPSA) is 75.5 Å². The van der Waals surface area contributed by atoms with Crippen LogP contribution in [0.3, 0.4) is 0 Å². The van der Waals surface area contributed by atoms with Crippen molar-refractivity contribution < 1.29 is 8.42 Å². The van der Waals surface area contributed by atoms with Crippen LogP contribution in [-0.4, -0.2) is 54.4 Å². The van der Waals surface area contributed by atoms with Gasteiger partial charge in [-0.15, -0.1) is 0 Å². The van der Waals surface area contributed by atoms with Crippen molar-refractivity contribution >= 4 is 44.1 Å². The van der Waals surface area contributed by atoms with Crippen molar-refractivity contribution in [3.63, 3.8) is 0 Å². The zero-order valence-corrected chi connectivity index (χ0v) is 20.7. The summed E-state index contributed by atoms with van der Waals surface area (Å²) in [5, 5.41) is 0.837. The first-order valence-electron chi connectivity index (χ1n) is 10.2. The number of rotatable bonds is 8. The maximum Gasteiger partial charge on any atom is 0.261 e. The van der Waals surface area contributed by atoms with Gasteiger partial charge in [-0.2, -0.15) is 4.31 Å². The van der Waals surface area contributed by atoms with Crippen molar-refractivity contribution in [2.75, 3.05) is 27.2 Å². The number of benzene rings is 2. The molecular weight excluding hydrogens is 471 g/mol. The van der Waals surface area contributed by atoms with Crippen molar-refractivity contribution in [1.82, 2.24) is 18.8 Å². The summed E-state index contributed by atoms with van der Waals surface area (Å²) in [6.45, 7) is 4.56. The van der Waals surface area contributed by atoms with Crippen molar-refractivity contribution in [3.8, 4) is 0 Å². The molecule has 0 aliphatic heterocycles. The molecule has 0 amide bonds. The Hall–Kier alpha value is -1.97. The molecule has 10 heteroatoms. The molecule has 2 aromatic carbocycles. The number of hydrogen-bond acceptors (Lipinski definition) is 5. The summed E-state index contributed by atoms with van der Waals surface area (Å²) in [7, 11) is -0.335. The van der Waals surface area contributed by atoms with E-state index in [0.29, 0.717) is 29.8 Å². The Morgan fingerprint density at radius 2 is 1.78 bits per heavy atom. The van der Waals surface area contributed by atoms with Crippen LogP contribution in [0.4, 0.5) is 0 Å². The van der Waals surface area contributed by atoms with Gasteiger partial charge in [-0.25, -0.2) is 13.4 Å². The Bertz CT molecular complexity index is 1290. The van der Waals surface area contributed by atoms with Gasteiger partial charge in [-0.05, 0) is 58.3 Å². The van der Waals surface area contributed by atoms with Gasteiger partial charge in [0.1, 0.15) is 10.7 Å². The van der Waals surface area contributed by atoms with Gasteiger partial charge in [0.25, 0.3) is 5.56 Å². The molecule has 3 rings (SSSR count). The van der Waals surface area contributed by atoms with Crippen LogP contribution in [0.25, 0.3) is 10.9 Å². The van der Waals surface area contributed by atoms with E-state index in [0.717, 1.165) is 0 Å². The van der Waals surface area contributed by atoms with Crippen molar-refractivity contribution in [1.29, 1.82) is 0 Å². The van der Waals surface area contributed by atoms with E-state index in [2.05, 4.69) is 4.98 Å². The van der Waals surface area contributed by atoms with Gasteiger partial charge in [-0.3, -0.25) is 9.36 Å². The molecule has 1 aromatic heterocycles. The van der Waals surface area contributed by atoms with Gasteiger partial charge in [-0.1, -0.05) is 35.3 Å². The standard InChI is InChI=1S/C22H26Cl2N4O3S/c1-5-27-21(25-19-9-7-6-8-17(19)22(27)29)15(2)28(13-12-26(3)4)32(30,31)20-14-16(23)10-11-18(20)24/h6-11,14-15H,5,12-13H2,1-4H3. The van der Waals surface area contributed by atoms with E-state index in [4.69, 9.17) is 23.2 Å². The third kappa shape index (κ3) is 4.84. The molecule has 7 nitrogen and oxygen atoms in total. The highest BCUT2D eigenvalue weighted by Gasteiger charge is 2.34. The normalized spacial score (nSPS) is 13.2. The Morgan fingerprint density at radius 1 is 1.09 bits per heavy atom. The highest BCUT2D eigenvalue weighted by atomic mass is 35.5. The molecule has 0 saturated heterocycles. The van der Waals surface area contributed by atoms with E-state index in [9.17, 15) is 13.2 Å². The van der Waals surface area contributed by atoms with Gasteiger partial charge in [0.05, 0.1) is 22.0 Å². The van der Waals surface area contributed by atoms with Gasteiger partial charge in [0.15, 0.2) is 0 Å². The molecule has 32 heavy (non-hydrogen) atoms. The monoisotopic (exact) mass is 496 g/mol. The predicted molar refractivity (Wildman–Crippen MR) is 129 cm³/mol. The summed E-state index contributed by atoms with van der Waals surface area (Å²) < 4.78 is 30.3. The number of para-hydroxylation sites is 1. The molecule has 0 bridgehead atoms. The second-order valence-electron chi connectivity index (χ2n) is 7.71. The average molecular weight is 497 g/mol. The molecule has 0 radical (unpaired) electrons. The van der Waals surface area contributed by atoms with E-state index in [1.165, 1.54) is 27.1 Å². The minimum atomic E-state index is -4.05. The van der Waals surface area contributed by atoms with Crippen molar-refractivity contribution in [2.45, 2.75) is 31.3 Å². The lowest BCUT2D eigenvalue weighted by molar-refractivity contribution is 0.281. The number of fused-ring (bicyclic) bond motifs is 1. The summed E-state index contributed by atoms with van der Waals surface area (Å²) in [5.74, 6) is 0.372. The third-order valence-electron chi connectivity index (χ3n) is 5.26. The summed E-state index contributed by atoms with van der Waals surface area (Å²) in [6.07, 6.45) is 0. The van der Waals surface area contributed by atoms with Crippen LogP contribution in [-0.2, 0) is 16.6 Å². The predicted octanol–water partition coefficient (Wildman–Crippen LogP) is 4.04. The van der Waals surface area contributed by atoms with E-state index in [1.54, 1.807) is 31.2 Å². The van der Waals surface area contributed by atoms with Crippen LogP contribution in [0.15, 0.2) is 52.2 Å². The molecular formula is C22H26Cl2N4O3S. The molecule has 3 aromatic rings. The number of likely N-dealkylation sites (N-methyl/N-ethyl adjacent to an activating group) is 1. The van der Waals surface area contributed by atoms with Crippen LogP contribution in [0.5, 0.6) is 0 Å². The molecule has 0 saturated carbocycles. The SMILES string of the molecule is CCn1c(C(C)N(CCN(C)C)S(=O)(=O)c2cc(Cl)ccc2Cl)nc2ccccc2c1=O. The number of aromatic nitrogens is 2. The smallest absolute Gasteiger partial charge is 0.261 e. The molecule has 172 valence electrons. The lowest BCUT2D eigenvalue weighted by Gasteiger charge is -2.30. The zero-order chi connectivity index (χ0) is 23.6. The van der Waals surface area contributed by atoms with Gasteiger partial charge < -0.3 is 4.90 Å². The van der Waals surface area contributed by atoms with Gasteiger partial charge >= 0.3 is 0 Å². The largest absolute Gasteiger partial charge is 0.308 e. The van der Waals surface area contributed by atoms with Crippen LogP contribution >= 0.6 is 23.2 Å². The molecule has 0 aliphatic rings. The number of nitrogens with zero attached hydrogens (tertiary/aromatic N) is 4. The fourth-order valence-electron chi connectivity index (χ4n) is 3.56. The third-order valence-corrected chi connectivity index (χ3v) is 7.95. The Labute approximate surface area is 198 Å². The summed E-state index contributed by atoms with van der Waals surface area (Å²) >= 11 is 12.3. The lowest BCUT2D eigenvalue weighted by atomic mass is 10.2. The van der Waals surface area contributed by atoms with Gasteiger partial charge in [0, 0.05) is 24.7 Å². The summed E-state index contributed by atoms with van der Waals surface area (Å²) in [5.41, 5.74) is 0.320. The molecule has 0 spiro atoms. The Balaban J connectivity index is 2.20. The van der Waals surface area contributed by atoms with E-state index in [1.807, 2.05) is 25.9 Å². The summed E-state index contributed by atoms with van der Waals surface area (Å²) in [4.78, 5) is 19.6. The molecule has 1 atom stereocenters. The van der Waals surface area contributed by atoms with Crippen LogP contribution in [0, 0.1) is 0 Å². The first-order valence-corrected chi connectivity index (χ1v) is 12.4. The van der Waals surface area contributed by atoms with E-state index < -0.39 is 16.1 Å². The number of sulfonamides is 1. The number of halogens is 2. The van der Waals surface area contributed by atoms with Crippen LogP contribution < -0.4 is 5.56 Å². The second kappa shape index (κ2) is 9.89. The first-order chi connectivity index (χ1) is 15.1. The van der Waals surface area contributed by atoms with Crippen molar-refractivity contribution in [3.05, 3.63) is 68.7 Å². The summed E-state index contributed by atoms with van der Waals surface area (Å²) in [6, 6.07) is 10.7. The number of hydrogen-bond donors (Lipinski definition) is 0. The van der Waals surface area contributed by atoms with Crippen molar-refractivity contribution in [2.24, 2.45) is 0 Å². The highest BCUT2D eigenvalue weighted by Crippen LogP contribution is 2.32. The van der Waals surface area contributed by atoms with Crippen LogP contribution in [0.1, 0.15) is 25.7 Å². The average Bonchev–Trinajstić information content (AvgIpc) is 2.74. The van der Waals surface area contributed by atoms with E-state index in [-0.39, 0.29) is 27.0 Å². The minimum Gasteiger partial charge on any atom is -0.308 e. The van der Waals surface area contributed by atoms with Gasteiger partial charge in [0.2, 0.25) is 10.0 Å². The Morgan fingerprint density at radius 3 is 2.44 bits per heavy atom. The maximum absolute atomic E-state index is 13.7. The molecule has 1 unspecified atom stereocenters. The molecule has 1 heterocycles. The second-order valence-corrected chi connectivity index (χ2v) is 10.4. The molecule has 0 aliphatic carbocycles. The minimum absolute atomic E-state index is 0.0794. The fourth-order valence-corrected chi connectivity index (χ4v) is 5.88. The first kappa shape index (κ1) is 24.7. The lowest BCUT2D eigenvalue weighted by Crippen LogP contribution is -2.41. The highest BCUT2D eigenvalue weighted by molar-refractivity contribution is 7.89. The quantitative estimate of drug-likeness (QED) is 0.470. The van der Waals surface area contributed by atoms with E-state index >= 15 is 0 Å². The molecule has 0 fully saturated rings. The fraction of sp³-hybridized carbons (Fsp3) is 0.364. The molecule has 0 N–H and O–H groups in total. The van der Waals surface area contributed by atoms with Crippen LogP contribution in [0.2, 0.25) is 10.0 Å². The Kier molecular flexibility index (Phi) is 7.62.